The van der Waals surface area contributed by atoms with Gasteiger partial charge in [-0.15, -0.1) is 0 Å². The molecule has 0 rings (SSSR count). The normalized spacial score (nSPS) is 17.0. The molecule has 0 spiro atoms. The maximum Gasteiger partial charge on any atom is 0.0663 e. The number of allylic oxidation sites excluding steroid dienone is 3. The smallest absolute Gasteiger partial charge is 0.0663 e. The van der Waals surface area contributed by atoms with E-state index in [0.717, 1.165) is 12.0 Å². The zero-order valence-corrected chi connectivity index (χ0v) is 9.38. The highest BCUT2D eigenvalue weighted by Crippen LogP contribution is 2.21. The summed E-state index contributed by atoms with van der Waals surface area (Å²) in [5.41, 5.74) is 0.711. The Morgan fingerprint density at radius 2 is 2.21 bits per heavy atom. The Kier molecular flexibility index (Phi) is 6.17. The van der Waals surface area contributed by atoms with Crippen molar-refractivity contribution in [1.29, 1.82) is 0 Å². The van der Waals surface area contributed by atoms with Gasteiger partial charge in [0.25, 0.3) is 0 Å². The lowest BCUT2D eigenvalue weighted by atomic mass is 9.87. The van der Waals surface area contributed by atoms with Crippen molar-refractivity contribution in [3.63, 3.8) is 0 Å². The van der Waals surface area contributed by atoms with Gasteiger partial charge in [-0.3, -0.25) is 0 Å². The van der Waals surface area contributed by atoms with Gasteiger partial charge in [0.2, 0.25) is 0 Å². The van der Waals surface area contributed by atoms with Crippen molar-refractivity contribution in [2.45, 2.75) is 25.8 Å². The van der Waals surface area contributed by atoms with Crippen molar-refractivity contribution < 1.29 is 5.11 Å². The number of aliphatic hydroxyl groups is 1. The van der Waals surface area contributed by atoms with E-state index < -0.39 is 0 Å². The molecule has 80 valence electrons. The van der Waals surface area contributed by atoms with Crippen LogP contribution < -0.4 is 5.32 Å². The Morgan fingerprint density at radius 3 is 2.50 bits per heavy atom. The van der Waals surface area contributed by atoms with E-state index in [2.05, 4.69) is 11.9 Å². The third-order valence-corrected chi connectivity index (χ3v) is 2.55. The first-order chi connectivity index (χ1) is 6.70. The predicted octanol–water partition coefficient (Wildman–Crippen LogP) is 2.04. The Balaban J connectivity index is 5.10. The Labute approximate surface area is 87.0 Å². The summed E-state index contributed by atoms with van der Waals surface area (Å²) in [5.74, 6) is 0. The minimum atomic E-state index is -0.347. The Morgan fingerprint density at radius 1 is 1.57 bits per heavy atom. The molecule has 0 bridgehead atoms. The first-order valence-corrected chi connectivity index (χ1v) is 4.96. The van der Waals surface area contributed by atoms with Crippen molar-refractivity contribution in [2.24, 2.45) is 0 Å². The van der Waals surface area contributed by atoms with E-state index >= 15 is 0 Å². The molecule has 0 fully saturated rings. The van der Waals surface area contributed by atoms with Gasteiger partial charge in [0.05, 0.1) is 12.1 Å². The molecule has 0 heterocycles. The molecule has 0 aliphatic rings. The summed E-state index contributed by atoms with van der Waals surface area (Å²) in [6, 6.07) is 0. The second kappa shape index (κ2) is 6.57. The zero-order chi connectivity index (χ0) is 11.0. The molecule has 1 atom stereocenters. The molecule has 0 radical (unpaired) electrons. The summed E-state index contributed by atoms with van der Waals surface area (Å²) >= 11 is 0. The van der Waals surface area contributed by atoms with E-state index in [4.69, 9.17) is 0 Å². The van der Waals surface area contributed by atoms with Gasteiger partial charge in [-0.05, 0) is 26.0 Å². The molecule has 2 nitrogen and oxygen atoms in total. The number of likely N-dealkylation sites (N-methyl/N-ethyl adjacent to an activating group) is 1. The summed E-state index contributed by atoms with van der Waals surface area (Å²) in [5, 5.41) is 12.6. The SMILES string of the molecule is C=C/C=C(\C=C/C)C(CC)(CO)NC. The average Bonchev–Trinajstić information content (AvgIpc) is 2.22. The van der Waals surface area contributed by atoms with Gasteiger partial charge in [-0.2, -0.15) is 0 Å². The van der Waals surface area contributed by atoms with Crippen molar-refractivity contribution >= 4 is 0 Å². The van der Waals surface area contributed by atoms with E-state index in [1.54, 1.807) is 6.08 Å². The molecule has 0 aromatic carbocycles. The van der Waals surface area contributed by atoms with Gasteiger partial charge in [-0.25, -0.2) is 0 Å². The van der Waals surface area contributed by atoms with Gasteiger partial charge in [0.1, 0.15) is 0 Å². The fourth-order valence-corrected chi connectivity index (χ4v) is 1.49. The summed E-state index contributed by atoms with van der Waals surface area (Å²) in [6.45, 7) is 7.78. The van der Waals surface area contributed by atoms with Gasteiger partial charge < -0.3 is 10.4 Å². The second-order valence-corrected chi connectivity index (χ2v) is 3.20. The fourth-order valence-electron chi connectivity index (χ4n) is 1.49. The minimum absolute atomic E-state index is 0.0873. The maximum absolute atomic E-state index is 9.43. The van der Waals surface area contributed by atoms with Crippen LogP contribution in [0.4, 0.5) is 0 Å². The van der Waals surface area contributed by atoms with Gasteiger partial charge in [-0.1, -0.05) is 37.8 Å². The van der Waals surface area contributed by atoms with Crippen LogP contribution in [0.25, 0.3) is 0 Å². The van der Waals surface area contributed by atoms with Crippen LogP contribution in [0.3, 0.4) is 0 Å². The largest absolute Gasteiger partial charge is 0.394 e. The lowest BCUT2D eigenvalue weighted by Crippen LogP contribution is -2.47. The zero-order valence-electron chi connectivity index (χ0n) is 9.38. The summed E-state index contributed by atoms with van der Waals surface area (Å²) in [6.07, 6.45) is 8.47. The lowest BCUT2D eigenvalue weighted by Gasteiger charge is -2.31. The van der Waals surface area contributed by atoms with Crippen LogP contribution in [0.2, 0.25) is 0 Å². The number of hydrogen-bond acceptors (Lipinski definition) is 2. The number of hydrogen-bond donors (Lipinski definition) is 2. The molecule has 2 heteroatoms. The molecule has 0 saturated carbocycles. The van der Waals surface area contributed by atoms with Gasteiger partial charge in [0, 0.05) is 0 Å². The second-order valence-electron chi connectivity index (χ2n) is 3.20. The summed E-state index contributed by atoms with van der Waals surface area (Å²) < 4.78 is 0. The highest BCUT2D eigenvalue weighted by atomic mass is 16.3. The first kappa shape index (κ1) is 13.1. The van der Waals surface area contributed by atoms with Crippen LogP contribution >= 0.6 is 0 Å². The van der Waals surface area contributed by atoms with Crippen molar-refractivity contribution in [2.75, 3.05) is 13.7 Å². The third-order valence-electron chi connectivity index (χ3n) is 2.55. The minimum Gasteiger partial charge on any atom is -0.394 e. The summed E-state index contributed by atoms with van der Waals surface area (Å²) in [7, 11) is 1.86. The molecule has 14 heavy (non-hydrogen) atoms. The molecule has 0 aromatic heterocycles. The summed E-state index contributed by atoms with van der Waals surface area (Å²) in [4.78, 5) is 0. The van der Waals surface area contributed by atoms with Crippen LogP contribution in [0.5, 0.6) is 0 Å². The molecule has 0 aliphatic carbocycles. The van der Waals surface area contributed by atoms with Crippen LogP contribution in [-0.4, -0.2) is 24.3 Å². The number of aliphatic hydroxyl groups excluding tert-OH is 1. The van der Waals surface area contributed by atoms with Crippen LogP contribution in [0.15, 0.2) is 36.5 Å². The van der Waals surface area contributed by atoms with Crippen LogP contribution in [0.1, 0.15) is 20.3 Å². The molecule has 0 saturated heterocycles. The number of nitrogens with one attached hydrogen (secondary N) is 1. The van der Waals surface area contributed by atoms with E-state index in [1.807, 2.05) is 39.1 Å². The van der Waals surface area contributed by atoms with Crippen LogP contribution in [0, 0.1) is 0 Å². The Bertz CT molecular complexity index is 216. The van der Waals surface area contributed by atoms with E-state index in [-0.39, 0.29) is 12.1 Å². The fraction of sp³-hybridized carbons (Fsp3) is 0.500. The monoisotopic (exact) mass is 195 g/mol. The van der Waals surface area contributed by atoms with Crippen molar-refractivity contribution in [3.05, 3.63) is 36.5 Å². The van der Waals surface area contributed by atoms with Gasteiger partial charge >= 0.3 is 0 Å². The molecule has 2 N–H and O–H groups in total. The Hall–Kier alpha value is -0.860. The van der Waals surface area contributed by atoms with Crippen molar-refractivity contribution in [1.82, 2.24) is 5.32 Å². The number of rotatable bonds is 6. The van der Waals surface area contributed by atoms with E-state index in [1.165, 1.54) is 0 Å². The molecule has 0 aliphatic heterocycles. The topological polar surface area (TPSA) is 32.3 Å². The third kappa shape index (κ3) is 2.82. The standard InChI is InChI=1S/C12H21NO/c1-5-8-11(9-6-2)12(7-3,10-14)13-4/h5-6,8-9,13-14H,1,7,10H2,2-4H3/b9-6-,11-8+. The molecule has 1 unspecified atom stereocenters. The van der Waals surface area contributed by atoms with Crippen LogP contribution in [-0.2, 0) is 0 Å². The highest BCUT2D eigenvalue weighted by molar-refractivity contribution is 5.34. The van der Waals surface area contributed by atoms with E-state index in [0.29, 0.717) is 0 Å². The lowest BCUT2D eigenvalue weighted by molar-refractivity contribution is 0.193. The van der Waals surface area contributed by atoms with Crippen molar-refractivity contribution in [3.8, 4) is 0 Å². The highest BCUT2D eigenvalue weighted by Gasteiger charge is 2.27. The molecule has 0 aromatic rings. The predicted molar refractivity (Wildman–Crippen MR) is 62.3 cm³/mol. The molecular weight excluding hydrogens is 174 g/mol. The maximum atomic E-state index is 9.43. The van der Waals surface area contributed by atoms with E-state index in [9.17, 15) is 5.11 Å². The average molecular weight is 195 g/mol. The molecule has 0 amide bonds. The quantitative estimate of drug-likeness (QED) is 0.636. The first-order valence-electron chi connectivity index (χ1n) is 4.96. The van der Waals surface area contributed by atoms with Gasteiger partial charge in [0.15, 0.2) is 0 Å². The molecular formula is C12H21NO.